The van der Waals surface area contributed by atoms with Gasteiger partial charge in [-0.3, -0.25) is 9.69 Å². The van der Waals surface area contributed by atoms with E-state index < -0.39 is 0 Å². The molecule has 0 spiro atoms. The Kier molecular flexibility index (Phi) is 5.81. The minimum Gasteiger partial charge on any atom is -0.379 e. The molecule has 4 nitrogen and oxygen atoms in total. The van der Waals surface area contributed by atoms with Crippen LogP contribution in [0.4, 0.5) is 0 Å². The van der Waals surface area contributed by atoms with Crippen molar-refractivity contribution in [1.29, 1.82) is 0 Å². The number of morpholine rings is 1. The van der Waals surface area contributed by atoms with Crippen molar-refractivity contribution >= 4 is 5.78 Å². The van der Waals surface area contributed by atoms with Gasteiger partial charge < -0.3 is 9.64 Å². The second-order valence-corrected chi connectivity index (χ2v) is 6.72. The third-order valence-corrected chi connectivity index (χ3v) is 5.20. The number of hydrogen-bond acceptors (Lipinski definition) is 4. The van der Waals surface area contributed by atoms with Crippen LogP contribution in [0.15, 0.2) is 24.3 Å². The lowest BCUT2D eigenvalue weighted by Crippen LogP contribution is -2.49. The Labute approximate surface area is 139 Å². The SMILES string of the molecule is CC(=O)c1ccc(CCN2CCC(N3CCOCC3)CC2)cc1. The number of ketones is 1. The van der Waals surface area contributed by atoms with Gasteiger partial charge in [-0.15, -0.1) is 0 Å². The quantitative estimate of drug-likeness (QED) is 0.780. The summed E-state index contributed by atoms with van der Waals surface area (Å²) in [6.07, 6.45) is 3.63. The van der Waals surface area contributed by atoms with Gasteiger partial charge in [-0.05, 0) is 44.8 Å². The predicted octanol–water partition coefficient (Wildman–Crippen LogP) is 2.23. The lowest BCUT2D eigenvalue weighted by molar-refractivity contribution is 0.00101. The zero-order valence-electron chi connectivity index (χ0n) is 14.2. The van der Waals surface area contributed by atoms with E-state index in [4.69, 9.17) is 4.74 Å². The lowest BCUT2D eigenvalue weighted by Gasteiger charge is -2.40. The Morgan fingerprint density at radius 2 is 1.74 bits per heavy atom. The first-order valence-corrected chi connectivity index (χ1v) is 8.86. The van der Waals surface area contributed by atoms with Crippen LogP contribution in [-0.2, 0) is 11.2 Å². The van der Waals surface area contributed by atoms with Crippen LogP contribution in [0.5, 0.6) is 0 Å². The number of rotatable bonds is 5. The first-order valence-electron chi connectivity index (χ1n) is 8.86. The van der Waals surface area contributed by atoms with Crippen molar-refractivity contribution in [2.75, 3.05) is 45.9 Å². The van der Waals surface area contributed by atoms with Crippen molar-refractivity contribution in [2.24, 2.45) is 0 Å². The third-order valence-electron chi connectivity index (χ3n) is 5.20. The number of hydrogen-bond donors (Lipinski definition) is 0. The second kappa shape index (κ2) is 8.04. The maximum Gasteiger partial charge on any atom is 0.159 e. The van der Waals surface area contributed by atoms with Gasteiger partial charge in [0.05, 0.1) is 13.2 Å². The fourth-order valence-corrected chi connectivity index (χ4v) is 3.64. The Hall–Kier alpha value is -1.23. The largest absolute Gasteiger partial charge is 0.379 e. The average Bonchev–Trinajstić information content (AvgIpc) is 2.61. The molecule has 2 aliphatic heterocycles. The fraction of sp³-hybridized carbons (Fsp3) is 0.632. The van der Waals surface area contributed by atoms with Crippen LogP contribution in [-0.4, -0.2) is 67.6 Å². The topological polar surface area (TPSA) is 32.8 Å². The fourth-order valence-electron chi connectivity index (χ4n) is 3.64. The standard InChI is InChI=1S/C19H28N2O2/c1-16(22)18-4-2-17(3-5-18)6-9-20-10-7-19(8-11-20)21-12-14-23-15-13-21/h2-5,19H,6-15H2,1H3. The van der Waals surface area contributed by atoms with E-state index in [-0.39, 0.29) is 5.78 Å². The lowest BCUT2D eigenvalue weighted by atomic mass is 10.0. The molecule has 0 saturated carbocycles. The molecule has 0 radical (unpaired) electrons. The summed E-state index contributed by atoms with van der Waals surface area (Å²) in [6, 6.07) is 8.84. The summed E-state index contributed by atoms with van der Waals surface area (Å²) in [5, 5.41) is 0. The molecule has 0 atom stereocenters. The van der Waals surface area contributed by atoms with Gasteiger partial charge in [0.25, 0.3) is 0 Å². The summed E-state index contributed by atoms with van der Waals surface area (Å²) in [7, 11) is 0. The number of likely N-dealkylation sites (tertiary alicyclic amines) is 1. The van der Waals surface area contributed by atoms with Gasteiger partial charge >= 0.3 is 0 Å². The Bertz CT molecular complexity index is 501. The summed E-state index contributed by atoms with van der Waals surface area (Å²) in [5.74, 6) is 0.140. The number of carbonyl (C=O) groups excluding carboxylic acids is 1. The number of carbonyl (C=O) groups is 1. The smallest absolute Gasteiger partial charge is 0.159 e. The summed E-state index contributed by atoms with van der Waals surface area (Å²) in [5.41, 5.74) is 2.13. The molecule has 0 bridgehead atoms. The molecule has 0 unspecified atom stereocenters. The zero-order valence-corrected chi connectivity index (χ0v) is 14.2. The Morgan fingerprint density at radius 1 is 1.09 bits per heavy atom. The highest BCUT2D eigenvalue weighted by Crippen LogP contribution is 2.18. The number of benzene rings is 1. The van der Waals surface area contributed by atoms with Gasteiger partial charge in [0, 0.05) is 31.2 Å². The molecule has 0 amide bonds. The molecule has 2 saturated heterocycles. The number of Topliss-reactive ketones (excluding diaryl/α,β-unsaturated/α-hetero) is 1. The van der Waals surface area contributed by atoms with Crippen LogP contribution in [0.2, 0.25) is 0 Å². The summed E-state index contributed by atoms with van der Waals surface area (Å²) in [6.45, 7) is 9.15. The predicted molar refractivity (Wildman–Crippen MR) is 92.0 cm³/mol. The monoisotopic (exact) mass is 316 g/mol. The molecule has 23 heavy (non-hydrogen) atoms. The molecule has 126 valence electrons. The van der Waals surface area contributed by atoms with Gasteiger partial charge in [0.15, 0.2) is 5.78 Å². The van der Waals surface area contributed by atoms with Gasteiger partial charge in [0.2, 0.25) is 0 Å². The Balaban J connectivity index is 1.41. The first kappa shape index (κ1) is 16.6. The molecule has 4 heteroatoms. The van der Waals surface area contributed by atoms with E-state index in [1.807, 2.05) is 12.1 Å². The van der Waals surface area contributed by atoms with E-state index in [1.54, 1.807) is 6.92 Å². The van der Waals surface area contributed by atoms with E-state index in [0.29, 0.717) is 0 Å². The number of piperidine rings is 1. The van der Waals surface area contributed by atoms with Gasteiger partial charge in [-0.1, -0.05) is 24.3 Å². The summed E-state index contributed by atoms with van der Waals surface area (Å²) < 4.78 is 5.45. The van der Waals surface area contributed by atoms with Gasteiger partial charge in [0.1, 0.15) is 0 Å². The van der Waals surface area contributed by atoms with E-state index in [2.05, 4.69) is 21.9 Å². The van der Waals surface area contributed by atoms with E-state index >= 15 is 0 Å². The molecular formula is C19H28N2O2. The zero-order chi connectivity index (χ0) is 16.1. The van der Waals surface area contributed by atoms with Crippen LogP contribution in [0, 0.1) is 0 Å². The molecule has 1 aromatic carbocycles. The highest BCUT2D eigenvalue weighted by atomic mass is 16.5. The molecular weight excluding hydrogens is 288 g/mol. The van der Waals surface area contributed by atoms with Crippen LogP contribution in [0.25, 0.3) is 0 Å². The van der Waals surface area contributed by atoms with E-state index in [1.165, 1.54) is 31.5 Å². The third kappa shape index (κ3) is 4.63. The van der Waals surface area contributed by atoms with Crippen molar-refractivity contribution < 1.29 is 9.53 Å². The molecule has 2 aliphatic rings. The average molecular weight is 316 g/mol. The van der Waals surface area contributed by atoms with Crippen molar-refractivity contribution in [1.82, 2.24) is 9.80 Å². The molecule has 2 heterocycles. The number of nitrogens with zero attached hydrogens (tertiary/aromatic N) is 2. The molecule has 3 rings (SSSR count). The molecule has 1 aromatic rings. The maximum atomic E-state index is 11.3. The number of ether oxygens (including phenoxy) is 1. The van der Waals surface area contributed by atoms with Crippen LogP contribution < -0.4 is 0 Å². The van der Waals surface area contributed by atoms with Gasteiger partial charge in [-0.25, -0.2) is 0 Å². The molecule has 2 fully saturated rings. The highest BCUT2D eigenvalue weighted by Gasteiger charge is 2.25. The first-order chi connectivity index (χ1) is 11.2. The summed E-state index contributed by atoms with van der Waals surface area (Å²) >= 11 is 0. The van der Waals surface area contributed by atoms with Crippen molar-refractivity contribution in [3.05, 3.63) is 35.4 Å². The minimum absolute atomic E-state index is 0.140. The second-order valence-electron chi connectivity index (χ2n) is 6.72. The van der Waals surface area contributed by atoms with Crippen LogP contribution >= 0.6 is 0 Å². The van der Waals surface area contributed by atoms with Gasteiger partial charge in [-0.2, -0.15) is 0 Å². The molecule has 0 aromatic heterocycles. The molecule has 0 aliphatic carbocycles. The van der Waals surface area contributed by atoms with Crippen LogP contribution in [0.3, 0.4) is 0 Å². The van der Waals surface area contributed by atoms with Crippen LogP contribution in [0.1, 0.15) is 35.7 Å². The summed E-state index contributed by atoms with van der Waals surface area (Å²) in [4.78, 5) is 16.5. The van der Waals surface area contributed by atoms with E-state index in [0.717, 1.165) is 50.9 Å². The molecule has 0 N–H and O–H groups in total. The maximum absolute atomic E-state index is 11.3. The van der Waals surface area contributed by atoms with Crippen molar-refractivity contribution in [3.8, 4) is 0 Å². The van der Waals surface area contributed by atoms with Crippen molar-refractivity contribution in [2.45, 2.75) is 32.2 Å². The highest BCUT2D eigenvalue weighted by molar-refractivity contribution is 5.93. The normalized spacial score (nSPS) is 21.4. The Morgan fingerprint density at radius 3 is 2.35 bits per heavy atom. The van der Waals surface area contributed by atoms with E-state index in [9.17, 15) is 4.79 Å². The van der Waals surface area contributed by atoms with Crippen molar-refractivity contribution in [3.63, 3.8) is 0 Å². The minimum atomic E-state index is 0.140.